The van der Waals surface area contributed by atoms with Crippen molar-refractivity contribution in [1.29, 1.82) is 0 Å². The van der Waals surface area contributed by atoms with Gasteiger partial charge in [0.15, 0.2) is 10.1 Å². The summed E-state index contributed by atoms with van der Waals surface area (Å²) in [6.07, 6.45) is 0. The quantitative estimate of drug-likeness (QED) is 0.623. The lowest BCUT2D eigenvalue weighted by Crippen LogP contribution is -2.13. The van der Waals surface area contributed by atoms with Crippen molar-refractivity contribution >= 4 is 34.0 Å². The van der Waals surface area contributed by atoms with Crippen LogP contribution in [0.25, 0.3) is 0 Å². The Morgan fingerprint density at radius 3 is 2.71 bits per heavy atom. The molecule has 0 amide bonds. The summed E-state index contributed by atoms with van der Waals surface area (Å²) in [7, 11) is 1.60. The third-order valence-electron chi connectivity index (χ3n) is 2.76. The first-order valence-electron chi connectivity index (χ1n) is 6.56. The minimum Gasteiger partial charge on any atom is -0.497 e. The van der Waals surface area contributed by atoms with Crippen LogP contribution in [0.1, 0.15) is 24.2 Å². The van der Waals surface area contributed by atoms with Crippen LogP contribution in [-0.4, -0.2) is 34.9 Å². The van der Waals surface area contributed by atoms with Crippen LogP contribution in [0.5, 0.6) is 5.75 Å². The molecule has 0 aliphatic heterocycles. The van der Waals surface area contributed by atoms with Gasteiger partial charge in [-0.05, 0) is 38.1 Å². The number of benzene rings is 1. The Kier molecular flexibility index (Phi) is 5.58. The highest BCUT2D eigenvalue weighted by Crippen LogP contribution is 2.30. The number of aromatic nitrogens is 2. The van der Waals surface area contributed by atoms with Crippen LogP contribution in [0.2, 0.25) is 0 Å². The third kappa shape index (κ3) is 4.18. The molecule has 1 atom stereocenters. The number of carbonyl (C=O) groups is 1. The number of carbonyl (C=O) groups excluding carboxylic acids is 1. The molecule has 0 radical (unpaired) electrons. The minimum atomic E-state index is -0.208. The first-order valence-corrected chi connectivity index (χ1v) is 8.26. The SMILES string of the molecule is CCNc1nnc(S[C@@H](C)C(=O)c2ccc(OC)cc2)s1. The van der Waals surface area contributed by atoms with Gasteiger partial charge in [-0.25, -0.2) is 0 Å². The second-order valence-electron chi connectivity index (χ2n) is 4.26. The highest BCUT2D eigenvalue weighted by molar-refractivity contribution is 8.02. The lowest BCUT2D eigenvalue weighted by atomic mass is 10.1. The van der Waals surface area contributed by atoms with Crippen LogP contribution in [0.4, 0.5) is 5.13 Å². The summed E-state index contributed by atoms with van der Waals surface area (Å²) in [5.74, 6) is 0.814. The fraction of sp³-hybridized carbons (Fsp3) is 0.357. The van der Waals surface area contributed by atoms with E-state index in [-0.39, 0.29) is 11.0 Å². The molecule has 2 rings (SSSR count). The molecule has 0 saturated carbocycles. The van der Waals surface area contributed by atoms with E-state index in [4.69, 9.17) is 4.74 Å². The van der Waals surface area contributed by atoms with Crippen molar-refractivity contribution in [3.05, 3.63) is 29.8 Å². The standard InChI is InChI=1S/C14H17N3O2S2/c1-4-15-13-16-17-14(21-13)20-9(2)12(18)10-5-7-11(19-3)8-6-10/h5-9H,4H2,1-3H3,(H,15,16)/t9-/m0/s1. The summed E-state index contributed by atoms with van der Waals surface area (Å²) < 4.78 is 5.88. The van der Waals surface area contributed by atoms with Gasteiger partial charge in [0.1, 0.15) is 5.75 Å². The van der Waals surface area contributed by atoms with Crippen molar-refractivity contribution in [2.45, 2.75) is 23.4 Å². The lowest BCUT2D eigenvalue weighted by Gasteiger charge is -2.08. The highest BCUT2D eigenvalue weighted by atomic mass is 32.2. The molecule has 0 bridgehead atoms. The summed E-state index contributed by atoms with van der Waals surface area (Å²) in [5, 5.41) is 11.8. The van der Waals surface area contributed by atoms with Crippen molar-refractivity contribution < 1.29 is 9.53 Å². The molecule has 0 aliphatic rings. The van der Waals surface area contributed by atoms with Gasteiger partial charge in [-0.1, -0.05) is 23.1 Å². The lowest BCUT2D eigenvalue weighted by molar-refractivity contribution is 0.0994. The Bertz CT molecular complexity index is 599. The molecule has 112 valence electrons. The number of hydrogen-bond donors (Lipinski definition) is 1. The second kappa shape index (κ2) is 7.42. The Morgan fingerprint density at radius 1 is 1.38 bits per heavy atom. The molecule has 0 fully saturated rings. The predicted octanol–water partition coefficient (Wildman–Crippen LogP) is 3.34. The van der Waals surface area contributed by atoms with E-state index in [2.05, 4.69) is 15.5 Å². The largest absolute Gasteiger partial charge is 0.497 e. The number of ketones is 1. The van der Waals surface area contributed by atoms with Gasteiger partial charge < -0.3 is 10.1 Å². The number of nitrogens with one attached hydrogen (secondary N) is 1. The van der Waals surface area contributed by atoms with Crippen molar-refractivity contribution in [3.63, 3.8) is 0 Å². The van der Waals surface area contributed by atoms with Crippen LogP contribution in [0, 0.1) is 0 Å². The van der Waals surface area contributed by atoms with Crippen molar-refractivity contribution in [2.24, 2.45) is 0 Å². The maximum Gasteiger partial charge on any atom is 0.206 e. The van der Waals surface area contributed by atoms with Crippen LogP contribution >= 0.6 is 23.1 Å². The monoisotopic (exact) mass is 323 g/mol. The number of Topliss-reactive ketones (excluding diaryl/α,β-unsaturated/α-hetero) is 1. The van der Waals surface area contributed by atoms with Crippen molar-refractivity contribution in [2.75, 3.05) is 19.0 Å². The molecule has 1 heterocycles. The molecule has 1 N–H and O–H groups in total. The molecule has 0 saturated heterocycles. The summed E-state index contributed by atoms with van der Waals surface area (Å²) in [6.45, 7) is 4.69. The number of thioether (sulfide) groups is 1. The van der Waals surface area contributed by atoms with E-state index in [1.54, 1.807) is 31.4 Å². The van der Waals surface area contributed by atoms with Gasteiger partial charge in [-0.2, -0.15) is 0 Å². The van der Waals surface area contributed by atoms with Gasteiger partial charge in [0.2, 0.25) is 5.13 Å². The van der Waals surface area contributed by atoms with Gasteiger partial charge in [0, 0.05) is 12.1 Å². The van der Waals surface area contributed by atoms with E-state index >= 15 is 0 Å². The average Bonchev–Trinajstić information content (AvgIpc) is 2.94. The first-order chi connectivity index (χ1) is 10.1. The zero-order chi connectivity index (χ0) is 15.2. The summed E-state index contributed by atoms with van der Waals surface area (Å²) in [4.78, 5) is 12.4. The maximum atomic E-state index is 12.4. The maximum absolute atomic E-state index is 12.4. The third-order valence-corrected chi connectivity index (χ3v) is 4.82. The van der Waals surface area contributed by atoms with E-state index in [0.717, 1.165) is 21.8 Å². The zero-order valence-corrected chi connectivity index (χ0v) is 13.8. The molecular formula is C14H17N3O2S2. The van der Waals surface area contributed by atoms with E-state index < -0.39 is 0 Å². The highest BCUT2D eigenvalue weighted by Gasteiger charge is 2.18. The molecule has 5 nitrogen and oxygen atoms in total. The number of methoxy groups -OCH3 is 1. The normalized spacial score (nSPS) is 12.0. The van der Waals surface area contributed by atoms with Crippen molar-refractivity contribution in [1.82, 2.24) is 10.2 Å². The fourth-order valence-electron chi connectivity index (χ4n) is 1.67. The predicted molar refractivity (Wildman–Crippen MR) is 86.7 cm³/mol. The van der Waals surface area contributed by atoms with E-state index in [1.165, 1.54) is 23.1 Å². The number of rotatable bonds is 7. The molecule has 21 heavy (non-hydrogen) atoms. The van der Waals surface area contributed by atoms with Crippen LogP contribution in [0.15, 0.2) is 28.6 Å². The Balaban J connectivity index is 2.00. The van der Waals surface area contributed by atoms with Crippen LogP contribution in [-0.2, 0) is 0 Å². The van der Waals surface area contributed by atoms with Crippen molar-refractivity contribution in [3.8, 4) is 5.75 Å². The zero-order valence-electron chi connectivity index (χ0n) is 12.1. The van der Waals surface area contributed by atoms with Crippen LogP contribution in [0.3, 0.4) is 0 Å². The summed E-state index contributed by atoms with van der Waals surface area (Å²) in [6, 6.07) is 7.14. The van der Waals surface area contributed by atoms with Gasteiger partial charge in [-0.3, -0.25) is 4.79 Å². The Hall–Kier alpha value is -1.60. The number of anilines is 1. The topological polar surface area (TPSA) is 64.1 Å². The van der Waals surface area contributed by atoms with Crippen LogP contribution < -0.4 is 10.1 Å². The van der Waals surface area contributed by atoms with Gasteiger partial charge in [0.25, 0.3) is 0 Å². The van der Waals surface area contributed by atoms with E-state index in [1.807, 2.05) is 13.8 Å². The van der Waals surface area contributed by atoms with Gasteiger partial charge in [0.05, 0.1) is 12.4 Å². The number of hydrogen-bond acceptors (Lipinski definition) is 7. The summed E-state index contributed by atoms with van der Waals surface area (Å²) in [5.41, 5.74) is 0.673. The minimum absolute atomic E-state index is 0.0721. The molecule has 0 aliphatic carbocycles. The Morgan fingerprint density at radius 2 is 2.10 bits per heavy atom. The number of ether oxygens (including phenoxy) is 1. The van der Waals surface area contributed by atoms with Gasteiger partial charge in [-0.15, -0.1) is 10.2 Å². The molecule has 0 unspecified atom stereocenters. The number of nitrogens with zero attached hydrogens (tertiary/aromatic N) is 2. The molecule has 1 aromatic heterocycles. The molecule has 7 heteroatoms. The first kappa shape index (κ1) is 15.8. The van der Waals surface area contributed by atoms with E-state index in [0.29, 0.717) is 5.56 Å². The van der Waals surface area contributed by atoms with E-state index in [9.17, 15) is 4.79 Å². The molecular weight excluding hydrogens is 306 g/mol. The Labute approximate surface area is 132 Å². The molecule has 2 aromatic rings. The molecule has 1 aromatic carbocycles. The summed E-state index contributed by atoms with van der Waals surface area (Å²) >= 11 is 2.89. The second-order valence-corrected chi connectivity index (χ2v) is 6.82. The smallest absolute Gasteiger partial charge is 0.206 e. The van der Waals surface area contributed by atoms with Gasteiger partial charge >= 0.3 is 0 Å². The fourth-order valence-corrected chi connectivity index (χ4v) is 3.72. The average molecular weight is 323 g/mol. The molecule has 0 spiro atoms.